The number of ether oxygens (including phenoxy) is 2. The Hall–Kier alpha value is -2.92. The van der Waals surface area contributed by atoms with Crippen molar-refractivity contribution >= 4 is 56.0 Å². The molecule has 2 aromatic rings. The van der Waals surface area contributed by atoms with Gasteiger partial charge >= 0.3 is 11.9 Å². The highest BCUT2D eigenvalue weighted by atomic mass is 79.9. The van der Waals surface area contributed by atoms with Gasteiger partial charge in [-0.2, -0.15) is 0 Å². The van der Waals surface area contributed by atoms with Crippen molar-refractivity contribution in [2.75, 3.05) is 25.6 Å². The Morgan fingerprint density at radius 2 is 1.87 bits per heavy atom. The van der Waals surface area contributed by atoms with E-state index in [0.717, 1.165) is 11.3 Å². The van der Waals surface area contributed by atoms with Gasteiger partial charge in [0, 0.05) is 11.5 Å². The van der Waals surface area contributed by atoms with Crippen molar-refractivity contribution in [1.82, 2.24) is 5.32 Å². The van der Waals surface area contributed by atoms with Crippen molar-refractivity contribution in [2.24, 2.45) is 0 Å². The third-order valence-electron chi connectivity index (χ3n) is 3.83. The van der Waals surface area contributed by atoms with Crippen LogP contribution in [-0.2, 0) is 14.3 Å². The molecule has 160 valence electrons. The minimum Gasteiger partial charge on any atom is -0.507 e. The molecule has 0 saturated heterocycles. The highest BCUT2D eigenvalue weighted by Crippen LogP contribution is 2.33. The topological polar surface area (TPSA) is 131 Å². The monoisotopic (exact) mass is 498 g/mol. The number of benzene rings is 1. The van der Waals surface area contributed by atoms with Gasteiger partial charge in [-0.25, -0.2) is 9.59 Å². The van der Waals surface area contributed by atoms with Gasteiger partial charge in [-0.05, 0) is 37.6 Å². The van der Waals surface area contributed by atoms with E-state index in [1.807, 2.05) is 0 Å². The quantitative estimate of drug-likeness (QED) is 0.500. The maximum absolute atomic E-state index is 12.3. The summed E-state index contributed by atoms with van der Waals surface area (Å²) in [6.45, 7) is 2.65. The fraction of sp³-hybridized carbons (Fsp3) is 0.263. The average Bonchev–Trinajstić information content (AvgIpc) is 3.03. The highest BCUT2D eigenvalue weighted by molar-refractivity contribution is 9.10. The highest BCUT2D eigenvalue weighted by Gasteiger charge is 2.26. The lowest BCUT2D eigenvalue weighted by molar-refractivity contribution is -0.119. The summed E-state index contributed by atoms with van der Waals surface area (Å²) in [5.41, 5.74) is 0.312. The van der Waals surface area contributed by atoms with Crippen LogP contribution in [0.5, 0.6) is 5.75 Å². The third-order valence-corrected chi connectivity index (χ3v) is 5.52. The van der Waals surface area contributed by atoms with Crippen LogP contribution < -0.4 is 10.6 Å². The Kier molecular flexibility index (Phi) is 7.95. The van der Waals surface area contributed by atoms with Gasteiger partial charge in [-0.1, -0.05) is 15.9 Å². The van der Waals surface area contributed by atoms with Crippen LogP contribution in [0.2, 0.25) is 0 Å². The number of hydrogen-bond acceptors (Lipinski definition) is 8. The fourth-order valence-corrected chi connectivity index (χ4v) is 3.94. The second-order valence-corrected chi connectivity index (χ2v) is 7.78. The summed E-state index contributed by atoms with van der Waals surface area (Å²) in [5.74, 6) is -3.03. The first kappa shape index (κ1) is 23.4. The largest absolute Gasteiger partial charge is 0.507 e. The zero-order valence-corrected chi connectivity index (χ0v) is 18.7. The molecule has 2 amide bonds. The van der Waals surface area contributed by atoms with Crippen LogP contribution >= 0.6 is 27.3 Å². The molecule has 0 fully saturated rings. The van der Waals surface area contributed by atoms with Gasteiger partial charge in [0.15, 0.2) is 6.61 Å². The van der Waals surface area contributed by atoms with Gasteiger partial charge in [0.05, 0.1) is 17.0 Å². The summed E-state index contributed by atoms with van der Waals surface area (Å²) >= 11 is 4.08. The molecule has 9 nitrogen and oxygen atoms in total. The molecule has 3 N–H and O–H groups in total. The molecule has 0 aliphatic carbocycles. The third kappa shape index (κ3) is 5.36. The summed E-state index contributed by atoms with van der Waals surface area (Å²) < 4.78 is 10.5. The molecule has 0 unspecified atom stereocenters. The van der Waals surface area contributed by atoms with Crippen molar-refractivity contribution in [1.29, 1.82) is 0 Å². The Morgan fingerprint density at radius 1 is 1.17 bits per heavy atom. The number of anilines is 1. The molecule has 1 aromatic heterocycles. The number of carbonyl (C=O) groups is 4. The minimum atomic E-state index is -0.900. The SMILES string of the molecule is CCOC(=O)c1c(NC(=O)COC(=O)c2cc(Br)ccc2O)sc(C(=O)NC)c1C. The standard InChI is InChI=1S/C19H19BrN2O7S/c1-4-28-19(27)14-9(2)15(16(25)21-3)30-17(14)22-13(24)8-29-18(26)11-7-10(20)5-6-12(11)23/h5-7,23H,4,8H2,1-3H3,(H,21,25)(H,22,24). The summed E-state index contributed by atoms with van der Waals surface area (Å²) in [5, 5.41) is 14.8. The van der Waals surface area contributed by atoms with Crippen LogP contribution in [-0.4, -0.2) is 49.1 Å². The molecular weight excluding hydrogens is 480 g/mol. The molecule has 1 aromatic carbocycles. The predicted molar refractivity (Wildman–Crippen MR) is 113 cm³/mol. The lowest BCUT2D eigenvalue weighted by Crippen LogP contribution is -2.22. The lowest BCUT2D eigenvalue weighted by Gasteiger charge is -2.08. The van der Waals surface area contributed by atoms with E-state index < -0.39 is 30.4 Å². The second kappa shape index (κ2) is 10.2. The van der Waals surface area contributed by atoms with Gasteiger partial charge in [-0.3, -0.25) is 9.59 Å². The number of esters is 2. The van der Waals surface area contributed by atoms with Gasteiger partial charge in [0.2, 0.25) is 0 Å². The van der Waals surface area contributed by atoms with Crippen molar-refractivity contribution in [3.63, 3.8) is 0 Å². The molecule has 0 aliphatic rings. The molecule has 1 heterocycles. The molecule has 0 atom stereocenters. The van der Waals surface area contributed by atoms with Gasteiger partial charge in [0.25, 0.3) is 11.8 Å². The van der Waals surface area contributed by atoms with Gasteiger partial charge in [0.1, 0.15) is 16.3 Å². The number of phenols is 1. The number of nitrogens with one attached hydrogen (secondary N) is 2. The lowest BCUT2D eigenvalue weighted by atomic mass is 10.1. The molecule has 0 aliphatic heterocycles. The molecule has 0 saturated carbocycles. The first-order chi connectivity index (χ1) is 14.2. The number of amides is 2. The zero-order valence-electron chi connectivity index (χ0n) is 16.3. The molecular formula is C19H19BrN2O7S. The first-order valence-electron chi connectivity index (χ1n) is 8.67. The first-order valence-corrected chi connectivity index (χ1v) is 10.3. The van der Waals surface area contributed by atoms with Crippen LogP contribution in [0, 0.1) is 6.92 Å². The van der Waals surface area contributed by atoms with Crippen LogP contribution in [0.1, 0.15) is 42.9 Å². The predicted octanol–water partition coefficient (Wildman–Crippen LogP) is 2.86. The number of hydrogen-bond donors (Lipinski definition) is 3. The number of rotatable bonds is 7. The molecule has 30 heavy (non-hydrogen) atoms. The van der Waals surface area contributed by atoms with Gasteiger partial charge in [-0.15, -0.1) is 11.3 Å². The second-order valence-electron chi connectivity index (χ2n) is 5.85. The maximum atomic E-state index is 12.3. The Morgan fingerprint density at radius 3 is 2.50 bits per heavy atom. The molecule has 2 rings (SSSR count). The normalized spacial score (nSPS) is 10.3. The number of thiophene rings is 1. The Labute approximate surface area is 184 Å². The summed E-state index contributed by atoms with van der Waals surface area (Å²) in [6, 6.07) is 4.20. The fourth-order valence-electron chi connectivity index (χ4n) is 2.42. The van der Waals surface area contributed by atoms with E-state index in [0.29, 0.717) is 10.0 Å². The molecule has 0 bridgehead atoms. The number of halogens is 1. The maximum Gasteiger partial charge on any atom is 0.342 e. The Bertz CT molecular complexity index is 1000. The van der Waals surface area contributed by atoms with E-state index >= 15 is 0 Å². The molecule has 0 radical (unpaired) electrons. The van der Waals surface area contributed by atoms with Crippen molar-refractivity contribution in [3.05, 3.63) is 44.2 Å². The summed E-state index contributed by atoms with van der Waals surface area (Å²) in [6.07, 6.45) is 0. The van der Waals surface area contributed by atoms with E-state index in [1.54, 1.807) is 19.9 Å². The number of phenolic OH excluding ortho intramolecular Hbond substituents is 1. The van der Waals surface area contributed by atoms with E-state index in [2.05, 4.69) is 26.6 Å². The van der Waals surface area contributed by atoms with Crippen molar-refractivity contribution in [2.45, 2.75) is 13.8 Å². The van der Waals surface area contributed by atoms with Crippen molar-refractivity contribution < 1.29 is 33.8 Å². The van der Waals surface area contributed by atoms with Crippen LogP contribution in [0.4, 0.5) is 5.00 Å². The molecule has 11 heteroatoms. The zero-order chi connectivity index (χ0) is 22.4. The van der Waals surface area contributed by atoms with E-state index in [4.69, 9.17) is 9.47 Å². The van der Waals surface area contributed by atoms with Crippen molar-refractivity contribution in [3.8, 4) is 5.75 Å². The molecule has 0 spiro atoms. The van der Waals surface area contributed by atoms with E-state index in [-0.39, 0.29) is 33.4 Å². The van der Waals surface area contributed by atoms with Gasteiger partial charge < -0.3 is 25.2 Å². The van der Waals surface area contributed by atoms with E-state index in [9.17, 15) is 24.3 Å². The smallest absolute Gasteiger partial charge is 0.342 e. The van der Waals surface area contributed by atoms with Crippen LogP contribution in [0.15, 0.2) is 22.7 Å². The summed E-state index contributed by atoms with van der Waals surface area (Å²) in [7, 11) is 1.45. The minimum absolute atomic E-state index is 0.0600. The number of carbonyl (C=O) groups excluding carboxylic acids is 4. The van der Waals surface area contributed by atoms with E-state index in [1.165, 1.54) is 19.2 Å². The van der Waals surface area contributed by atoms with Crippen LogP contribution in [0.3, 0.4) is 0 Å². The summed E-state index contributed by atoms with van der Waals surface area (Å²) in [4.78, 5) is 49.0. The number of aromatic hydroxyl groups is 1. The average molecular weight is 499 g/mol. The Balaban J connectivity index is 2.17. The van der Waals surface area contributed by atoms with Crippen LogP contribution in [0.25, 0.3) is 0 Å².